The molecule has 0 radical (unpaired) electrons. The largest absolute Gasteiger partial charge is 0.369 e. The predicted octanol–water partition coefficient (Wildman–Crippen LogP) is 3.01. The highest BCUT2D eigenvalue weighted by atomic mass is 16.6. The SMILES string of the molecule is c1ccc(N2CCN([C@@H]3CCCN(Cc4ccc5nonc5c4)C3)CC2)cc1. The molecule has 1 atom stereocenters. The van der Waals surface area contributed by atoms with Crippen LogP contribution in [-0.4, -0.2) is 65.4 Å². The van der Waals surface area contributed by atoms with Gasteiger partial charge in [0.05, 0.1) is 0 Å². The van der Waals surface area contributed by atoms with E-state index in [-0.39, 0.29) is 0 Å². The Kier molecular flexibility index (Phi) is 4.97. The maximum absolute atomic E-state index is 4.82. The number of benzene rings is 2. The van der Waals surface area contributed by atoms with Crippen LogP contribution in [0.3, 0.4) is 0 Å². The van der Waals surface area contributed by atoms with Gasteiger partial charge in [0.2, 0.25) is 0 Å². The third-order valence-corrected chi connectivity index (χ3v) is 6.16. The van der Waals surface area contributed by atoms with E-state index in [2.05, 4.69) is 67.5 Å². The molecule has 5 rings (SSSR count). The molecule has 0 amide bonds. The van der Waals surface area contributed by atoms with E-state index in [9.17, 15) is 0 Å². The number of fused-ring (bicyclic) bond motifs is 1. The molecule has 146 valence electrons. The van der Waals surface area contributed by atoms with Gasteiger partial charge in [-0.05, 0) is 59.5 Å². The van der Waals surface area contributed by atoms with Crippen LogP contribution in [0.2, 0.25) is 0 Å². The van der Waals surface area contributed by atoms with E-state index in [0.29, 0.717) is 6.04 Å². The minimum absolute atomic E-state index is 0.670. The van der Waals surface area contributed by atoms with Crippen LogP contribution >= 0.6 is 0 Å². The molecule has 1 aromatic heterocycles. The summed E-state index contributed by atoms with van der Waals surface area (Å²) in [6.07, 6.45) is 2.59. The van der Waals surface area contributed by atoms with Crippen molar-refractivity contribution in [2.75, 3.05) is 44.2 Å². The summed E-state index contributed by atoms with van der Waals surface area (Å²) < 4.78 is 4.82. The minimum atomic E-state index is 0.670. The molecule has 0 N–H and O–H groups in total. The van der Waals surface area contributed by atoms with Gasteiger partial charge in [-0.15, -0.1) is 0 Å². The van der Waals surface area contributed by atoms with E-state index in [1.54, 1.807) is 0 Å². The smallest absolute Gasteiger partial charge is 0.135 e. The zero-order chi connectivity index (χ0) is 18.8. The Morgan fingerprint density at radius 1 is 0.893 bits per heavy atom. The van der Waals surface area contributed by atoms with Crippen LogP contribution in [0.15, 0.2) is 53.2 Å². The molecule has 2 aromatic carbocycles. The molecular formula is C22H27N5O. The molecule has 0 bridgehead atoms. The molecule has 6 nitrogen and oxygen atoms in total. The van der Waals surface area contributed by atoms with Crippen molar-refractivity contribution in [3.05, 3.63) is 54.1 Å². The van der Waals surface area contributed by atoms with Gasteiger partial charge < -0.3 is 4.90 Å². The number of hydrogen-bond donors (Lipinski definition) is 0. The summed E-state index contributed by atoms with van der Waals surface area (Å²) in [5.74, 6) is 0. The van der Waals surface area contributed by atoms with Crippen molar-refractivity contribution in [3.63, 3.8) is 0 Å². The minimum Gasteiger partial charge on any atom is -0.369 e. The quantitative estimate of drug-likeness (QED) is 0.697. The summed E-state index contributed by atoms with van der Waals surface area (Å²) in [5, 5.41) is 7.87. The van der Waals surface area contributed by atoms with E-state index in [4.69, 9.17) is 4.63 Å². The number of piperazine rings is 1. The van der Waals surface area contributed by atoms with Gasteiger partial charge in [0.15, 0.2) is 0 Å². The van der Waals surface area contributed by atoms with Gasteiger partial charge in [0, 0.05) is 51.0 Å². The second-order valence-corrected chi connectivity index (χ2v) is 7.98. The van der Waals surface area contributed by atoms with Gasteiger partial charge in [-0.25, -0.2) is 4.63 Å². The van der Waals surface area contributed by atoms with Crippen molar-refractivity contribution < 1.29 is 4.63 Å². The number of nitrogens with zero attached hydrogens (tertiary/aromatic N) is 5. The normalized spacial score (nSPS) is 22.0. The first-order chi connectivity index (χ1) is 13.8. The van der Waals surface area contributed by atoms with Crippen LogP contribution in [0.25, 0.3) is 11.0 Å². The predicted molar refractivity (Wildman–Crippen MR) is 110 cm³/mol. The highest BCUT2D eigenvalue weighted by molar-refractivity contribution is 5.73. The molecule has 0 aliphatic carbocycles. The van der Waals surface area contributed by atoms with Crippen molar-refractivity contribution in [1.29, 1.82) is 0 Å². The maximum atomic E-state index is 4.82. The first-order valence-electron chi connectivity index (χ1n) is 10.3. The number of piperidine rings is 1. The average Bonchev–Trinajstić information content (AvgIpc) is 3.23. The van der Waals surface area contributed by atoms with E-state index >= 15 is 0 Å². The molecule has 2 saturated heterocycles. The van der Waals surface area contributed by atoms with Crippen molar-refractivity contribution in [2.24, 2.45) is 0 Å². The fourth-order valence-corrected chi connectivity index (χ4v) is 4.64. The highest BCUT2D eigenvalue weighted by Gasteiger charge is 2.28. The first kappa shape index (κ1) is 17.6. The van der Waals surface area contributed by atoms with Crippen LogP contribution < -0.4 is 4.90 Å². The molecule has 0 unspecified atom stereocenters. The third-order valence-electron chi connectivity index (χ3n) is 6.16. The summed E-state index contributed by atoms with van der Waals surface area (Å²) in [6.45, 7) is 7.86. The summed E-state index contributed by atoms with van der Waals surface area (Å²) in [6, 6.07) is 17.7. The summed E-state index contributed by atoms with van der Waals surface area (Å²) in [4.78, 5) is 7.81. The number of aromatic nitrogens is 2. The molecular weight excluding hydrogens is 350 g/mol. The van der Waals surface area contributed by atoms with Crippen molar-refractivity contribution in [2.45, 2.75) is 25.4 Å². The van der Waals surface area contributed by atoms with Crippen LogP contribution in [0.5, 0.6) is 0 Å². The topological polar surface area (TPSA) is 48.6 Å². The molecule has 0 spiro atoms. The van der Waals surface area contributed by atoms with E-state index in [1.165, 1.54) is 30.6 Å². The maximum Gasteiger partial charge on any atom is 0.135 e. The number of likely N-dealkylation sites (tertiary alicyclic amines) is 1. The lowest BCUT2D eigenvalue weighted by Crippen LogP contribution is -2.55. The Hall–Kier alpha value is -2.44. The Bertz CT molecular complexity index is 903. The molecule has 2 fully saturated rings. The zero-order valence-corrected chi connectivity index (χ0v) is 16.2. The second-order valence-electron chi connectivity index (χ2n) is 7.98. The van der Waals surface area contributed by atoms with Crippen molar-refractivity contribution in [3.8, 4) is 0 Å². The number of rotatable bonds is 4. The van der Waals surface area contributed by atoms with Crippen molar-refractivity contribution >= 4 is 16.7 Å². The Morgan fingerprint density at radius 2 is 1.71 bits per heavy atom. The molecule has 2 aliphatic heterocycles. The summed E-state index contributed by atoms with van der Waals surface area (Å²) in [5.41, 5.74) is 4.32. The van der Waals surface area contributed by atoms with E-state index in [1.807, 2.05) is 6.07 Å². The Balaban J connectivity index is 1.18. The third kappa shape index (κ3) is 3.75. The number of para-hydroxylation sites is 1. The van der Waals surface area contributed by atoms with Crippen molar-refractivity contribution in [1.82, 2.24) is 20.1 Å². The molecule has 6 heteroatoms. The van der Waals surface area contributed by atoms with Gasteiger partial charge >= 0.3 is 0 Å². The summed E-state index contributed by atoms with van der Waals surface area (Å²) >= 11 is 0. The lowest BCUT2D eigenvalue weighted by Gasteiger charge is -2.44. The molecule has 2 aliphatic rings. The number of hydrogen-bond acceptors (Lipinski definition) is 6. The standard InChI is InChI=1S/C22H27N5O/c1-2-5-19(6-3-1)26-11-13-27(14-12-26)20-7-4-10-25(17-20)16-18-8-9-21-22(15-18)24-28-23-21/h1-3,5-6,8-9,15,20H,4,7,10-14,16-17H2/t20-/m1/s1. The van der Waals surface area contributed by atoms with Gasteiger partial charge in [0.1, 0.15) is 11.0 Å². The van der Waals surface area contributed by atoms with Gasteiger partial charge in [-0.2, -0.15) is 0 Å². The van der Waals surface area contributed by atoms with Gasteiger partial charge in [0.25, 0.3) is 0 Å². The first-order valence-corrected chi connectivity index (χ1v) is 10.3. The van der Waals surface area contributed by atoms with Crippen LogP contribution in [0, 0.1) is 0 Å². The van der Waals surface area contributed by atoms with Crippen LogP contribution in [0.4, 0.5) is 5.69 Å². The van der Waals surface area contributed by atoms with Crippen LogP contribution in [-0.2, 0) is 6.54 Å². The van der Waals surface area contributed by atoms with Crippen LogP contribution in [0.1, 0.15) is 18.4 Å². The number of anilines is 1. The lowest BCUT2D eigenvalue weighted by molar-refractivity contribution is 0.0888. The molecule has 3 aromatic rings. The van der Waals surface area contributed by atoms with E-state index in [0.717, 1.165) is 50.3 Å². The average molecular weight is 377 g/mol. The van der Waals surface area contributed by atoms with Gasteiger partial charge in [-0.1, -0.05) is 24.3 Å². The van der Waals surface area contributed by atoms with E-state index < -0.39 is 0 Å². The fraction of sp³-hybridized carbons (Fsp3) is 0.455. The zero-order valence-electron chi connectivity index (χ0n) is 16.2. The summed E-state index contributed by atoms with van der Waals surface area (Å²) in [7, 11) is 0. The van der Waals surface area contributed by atoms with Gasteiger partial charge in [-0.3, -0.25) is 9.80 Å². The Labute approximate surface area is 165 Å². The monoisotopic (exact) mass is 377 g/mol. The lowest BCUT2D eigenvalue weighted by atomic mass is 10.0. The molecule has 0 saturated carbocycles. The molecule has 28 heavy (non-hydrogen) atoms. The fourth-order valence-electron chi connectivity index (χ4n) is 4.64. The second kappa shape index (κ2) is 7.89. The highest BCUT2D eigenvalue weighted by Crippen LogP contribution is 2.22. The molecule has 3 heterocycles. The Morgan fingerprint density at radius 3 is 2.57 bits per heavy atom.